The minimum Gasteiger partial charge on any atom is -0.476 e. The molecule has 0 spiro atoms. The van der Waals surface area contributed by atoms with Crippen LogP contribution in [-0.4, -0.2) is 27.5 Å². The Morgan fingerprint density at radius 2 is 2.35 bits per heavy atom. The van der Waals surface area contributed by atoms with Crippen LogP contribution in [0.3, 0.4) is 0 Å². The van der Waals surface area contributed by atoms with Crippen LogP contribution >= 0.6 is 38.6 Å². The monoisotopic (exact) mass is 371 g/mol. The van der Waals surface area contributed by atoms with Gasteiger partial charge in [-0.1, -0.05) is 0 Å². The lowest BCUT2D eigenvalue weighted by molar-refractivity contribution is 0.0690. The lowest BCUT2D eigenvalue weighted by atomic mass is 10.3. The van der Waals surface area contributed by atoms with Crippen molar-refractivity contribution in [2.24, 2.45) is 0 Å². The van der Waals surface area contributed by atoms with Crippen LogP contribution in [0.15, 0.2) is 26.8 Å². The summed E-state index contributed by atoms with van der Waals surface area (Å²) in [6.07, 6.45) is 1.73. The zero-order chi connectivity index (χ0) is 14.3. The van der Waals surface area contributed by atoms with Crippen LogP contribution in [0.1, 0.15) is 16.1 Å². The molecule has 0 fully saturated rings. The van der Waals surface area contributed by atoms with Gasteiger partial charge in [-0.3, -0.25) is 4.40 Å². The first kappa shape index (κ1) is 13.6. The third-order valence-corrected chi connectivity index (χ3v) is 5.16. The predicted octanol–water partition coefficient (Wildman–Crippen LogP) is 3.55. The first-order chi connectivity index (χ1) is 9.56. The van der Waals surface area contributed by atoms with Gasteiger partial charge < -0.3 is 10.0 Å². The maximum absolute atomic E-state index is 11.5. The molecule has 5 nitrogen and oxygen atoms in total. The van der Waals surface area contributed by atoms with Crippen molar-refractivity contribution in [2.75, 3.05) is 11.9 Å². The number of carboxylic acid groups (broad SMARTS) is 1. The molecular weight excluding hydrogens is 362 g/mol. The van der Waals surface area contributed by atoms with Crippen molar-refractivity contribution in [1.82, 2.24) is 9.38 Å². The molecule has 0 unspecified atom stereocenters. The standard InChI is InChI=1S/C12H10BrN3O2S2/c1-15(5-7-4-8(13)20-6-7)10-9(11(17)18)16-2-3-19-12(16)14-10/h2-4,6H,5H2,1H3,(H,17,18). The van der Waals surface area contributed by atoms with Crippen LogP contribution in [0, 0.1) is 0 Å². The third kappa shape index (κ3) is 2.34. The fourth-order valence-corrected chi connectivity index (χ4v) is 3.93. The van der Waals surface area contributed by atoms with Gasteiger partial charge in [-0.25, -0.2) is 9.78 Å². The number of anilines is 1. The van der Waals surface area contributed by atoms with E-state index in [0.717, 1.165) is 9.35 Å². The summed E-state index contributed by atoms with van der Waals surface area (Å²) < 4.78 is 2.67. The molecule has 0 saturated carbocycles. The Labute approximate surface area is 131 Å². The molecule has 20 heavy (non-hydrogen) atoms. The van der Waals surface area contributed by atoms with E-state index in [2.05, 4.69) is 20.9 Å². The highest BCUT2D eigenvalue weighted by Gasteiger charge is 2.22. The summed E-state index contributed by atoms with van der Waals surface area (Å²) in [4.78, 5) is 18.4. The molecule has 104 valence electrons. The number of imidazole rings is 1. The Kier molecular flexibility index (Phi) is 3.53. The number of thiazole rings is 1. The van der Waals surface area contributed by atoms with Crippen LogP contribution in [0.5, 0.6) is 0 Å². The second kappa shape index (κ2) is 5.19. The fourth-order valence-electron chi connectivity index (χ4n) is 2.02. The third-order valence-electron chi connectivity index (χ3n) is 2.85. The van der Waals surface area contributed by atoms with E-state index in [0.29, 0.717) is 17.3 Å². The lowest BCUT2D eigenvalue weighted by Gasteiger charge is -2.16. The normalized spacial score (nSPS) is 11.1. The minimum atomic E-state index is -0.968. The Bertz CT molecular complexity index is 777. The molecular formula is C12H10BrN3O2S2. The molecule has 0 atom stereocenters. The number of nitrogens with zero attached hydrogens (tertiary/aromatic N) is 3. The van der Waals surface area contributed by atoms with Crippen molar-refractivity contribution in [3.8, 4) is 0 Å². The van der Waals surface area contributed by atoms with Crippen molar-refractivity contribution in [1.29, 1.82) is 0 Å². The van der Waals surface area contributed by atoms with Gasteiger partial charge in [-0.15, -0.1) is 22.7 Å². The Morgan fingerprint density at radius 3 is 3.00 bits per heavy atom. The number of carbonyl (C=O) groups is 1. The summed E-state index contributed by atoms with van der Waals surface area (Å²) in [6, 6.07) is 2.03. The number of aromatic carboxylic acids is 1. The molecule has 0 saturated heterocycles. The zero-order valence-electron chi connectivity index (χ0n) is 10.4. The Morgan fingerprint density at radius 1 is 1.55 bits per heavy atom. The number of aromatic nitrogens is 2. The number of carboxylic acids is 1. The number of rotatable bonds is 4. The van der Waals surface area contributed by atoms with Gasteiger partial charge in [-0.2, -0.15) is 0 Å². The molecule has 8 heteroatoms. The summed E-state index contributed by atoms with van der Waals surface area (Å²) in [5, 5.41) is 13.3. The summed E-state index contributed by atoms with van der Waals surface area (Å²) in [5.41, 5.74) is 1.33. The molecule has 0 aromatic carbocycles. The first-order valence-corrected chi connectivity index (χ1v) is 8.24. The van der Waals surface area contributed by atoms with E-state index in [1.165, 1.54) is 11.3 Å². The molecule has 3 aromatic heterocycles. The van der Waals surface area contributed by atoms with Gasteiger partial charge in [-0.05, 0) is 32.9 Å². The second-order valence-corrected chi connectivity index (χ2v) is 7.42. The predicted molar refractivity (Wildman–Crippen MR) is 84.2 cm³/mol. The van der Waals surface area contributed by atoms with Crippen molar-refractivity contribution in [2.45, 2.75) is 6.54 Å². The van der Waals surface area contributed by atoms with Crippen LogP contribution in [-0.2, 0) is 6.54 Å². The smallest absolute Gasteiger partial charge is 0.356 e. The van der Waals surface area contributed by atoms with Crippen molar-refractivity contribution in [3.05, 3.63) is 38.1 Å². The van der Waals surface area contributed by atoms with Crippen LogP contribution in [0.2, 0.25) is 0 Å². The van der Waals surface area contributed by atoms with Crippen molar-refractivity contribution < 1.29 is 9.90 Å². The molecule has 3 aromatic rings. The van der Waals surface area contributed by atoms with Gasteiger partial charge in [0.15, 0.2) is 16.5 Å². The van der Waals surface area contributed by atoms with Crippen molar-refractivity contribution >= 4 is 55.4 Å². The van der Waals surface area contributed by atoms with Gasteiger partial charge in [0.1, 0.15) is 0 Å². The molecule has 0 aliphatic heterocycles. The molecule has 3 rings (SSSR count). The number of halogens is 1. The lowest BCUT2D eigenvalue weighted by Crippen LogP contribution is -2.19. The van der Waals surface area contributed by atoms with Gasteiger partial charge in [0.05, 0.1) is 3.79 Å². The van der Waals surface area contributed by atoms with Crippen LogP contribution < -0.4 is 4.90 Å². The highest BCUT2D eigenvalue weighted by molar-refractivity contribution is 9.11. The molecule has 0 radical (unpaired) electrons. The Balaban J connectivity index is 1.98. The highest BCUT2D eigenvalue weighted by atomic mass is 79.9. The summed E-state index contributed by atoms with van der Waals surface area (Å²) >= 11 is 6.46. The molecule has 0 amide bonds. The van der Waals surface area contributed by atoms with E-state index in [1.807, 2.05) is 28.8 Å². The zero-order valence-corrected chi connectivity index (χ0v) is 13.6. The van der Waals surface area contributed by atoms with Gasteiger partial charge in [0.2, 0.25) is 0 Å². The topological polar surface area (TPSA) is 57.8 Å². The van der Waals surface area contributed by atoms with E-state index in [9.17, 15) is 9.90 Å². The van der Waals surface area contributed by atoms with E-state index in [-0.39, 0.29) is 5.69 Å². The average Bonchev–Trinajstić information content (AvgIpc) is 3.02. The maximum Gasteiger partial charge on any atom is 0.356 e. The highest BCUT2D eigenvalue weighted by Crippen LogP contribution is 2.27. The van der Waals surface area contributed by atoms with Crippen LogP contribution in [0.25, 0.3) is 4.96 Å². The largest absolute Gasteiger partial charge is 0.476 e. The fraction of sp³-hybridized carbons (Fsp3) is 0.167. The van der Waals surface area contributed by atoms with E-state index in [1.54, 1.807) is 21.9 Å². The van der Waals surface area contributed by atoms with E-state index >= 15 is 0 Å². The van der Waals surface area contributed by atoms with Gasteiger partial charge in [0.25, 0.3) is 0 Å². The molecule has 0 aliphatic carbocycles. The summed E-state index contributed by atoms with van der Waals surface area (Å²) in [7, 11) is 1.85. The minimum absolute atomic E-state index is 0.207. The average molecular weight is 372 g/mol. The number of thiophene rings is 1. The second-order valence-electron chi connectivity index (χ2n) is 4.26. The number of hydrogen-bond acceptors (Lipinski definition) is 5. The molecule has 0 aliphatic rings. The van der Waals surface area contributed by atoms with Crippen molar-refractivity contribution in [3.63, 3.8) is 0 Å². The summed E-state index contributed by atoms with van der Waals surface area (Å²) in [6.45, 7) is 0.618. The molecule has 0 bridgehead atoms. The number of hydrogen-bond donors (Lipinski definition) is 1. The first-order valence-electron chi connectivity index (χ1n) is 5.69. The van der Waals surface area contributed by atoms with Gasteiger partial charge >= 0.3 is 5.97 Å². The maximum atomic E-state index is 11.5. The molecule has 1 N–H and O–H groups in total. The summed E-state index contributed by atoms with van der Waals surface area (Å²) in [5.74, 6) is -0.476. The number of fused-ring (bicyclic) bond motifs is 1. The quantitative estimate of drug-likeness (QED) is 0.761. The van der Waals surface area contributed by atoms with E-state index in [4.69, 9.17) is 0 Å². The van der Waals surface area contributed by atoms with Crippen LogP contribution in [0.4, 0.5) is 5.82 Å². The molecule has 3 heterocycles. The SMILES string of the molecule is CN(Cc1csc(Br)c1)c1nc2sccn2c1C(=O)O. The van der Waals surface area contributed by atoms with Gasteiger partial charge in [0, 0.05) is 25.2 Å². The van der Waals surface area contributed by atoms with E-state index < -0.39 is 5.97 Å². The Hall–Kier alpha value is -1.38.